The summed E-state index contributed by atoms with van der Waals surface area (Å²) in [6, 6.07) is 1.09. The van der Waals surface area contributed by atoms with Crippen molar-refractivity contribution in [2.75, 3.05) is 20.7 Å². The second kappa shape index (κ2) is 4.28. The average Bonchev–Trinajstić information content (AvgIpc) is 2.07. The van der Waals surface area contributed by atoms with E-state index in [2.05, 4.69) is 5.32 Å². The number of nitrogens with zero attached hydrogens (tertiary/aromatic N) is 1. The first-order valence-corrected chi connectivity index (χ1v) is 3.99. The molecule has 0 saturated heterocycles. The Morgan fingerprint density at radius 2 is 2.25 bits per heavy atom. The number of likely N-dealkylation sites (N-methyl/N-ethyl adjacent to an activating group) is 1. The van der Waals surface area contributed by atoms with Crippen molar-refractivity contribution in [3.8, 4) is 0 Å². The van der Waals surface area contributed by atoms with E-state index < -0.39 is 0 Å². The van der Waals surface area contributed by atoms with E-state index in [-0.39, 0.29) is 12.6 Å². The molecule has 1 radical (unpaired) electrons. The molecule has 3 nitrogen and oxygen atoms in total. The van der Waals surface area contributed by atoms with Gasteiger partial charge in [-0.3, -0.25) is 0 Å². The zero-order valence-electron chi connectivity index (χ0n) is 7.49. The SMILES string of the molecule is CN(C)C(CO)[C]1C=CC=CN1. The average molecular weight is 167 g/mol. The van der Waals surface area contributed by atoms with Gasteiger partial charge in [-0.2, -0.15) is 0 Å². The summed E-state index contributed by atoms with van der Waals surface area (Å²) in [7, 11) is 3.89. The highest BCUT2D eigenvalue weighted by molar-refractivity contribution is 5.24. The molecule has 67 valence electrons. The van der Waals surface area contributed by atoms with Crippen LogP contribution < -0.4 is 5.32 Å². The molecule has 12 heavy (non-hydrogen) atoms. The van der Waals surface area contributed by atoms with Crippen LogP contribution in [0.15, 0.2) is 24.4 Å². The second-order valence-corrected chi connectivity index (χ2v) is 2.98. The highest BCUT2D eigenvalue weighted by atomic mass is 16.3. The van der Waals surface area contributed by atoms with Crippen molar-refractivity contribution in [1.29, 1.82) is 0 Å². The zero-order valence-corrected chi connectivity index (χ0v) is 7.49. The zero-order chi connectivity index (χ0) is 8.97. The monoisotopic (exact) mass is 167 g/mol. The lowest BCUT2D eigenvalue weighted by molar-refractivity contribution is 0.176. The molecule has 0 aromatic rings. The summed E-state index contributed by atoms with van der Waals surface area (Å²) in [5.41, 5.74) is 0. The maximum atomic E-state index is 9.09. The third kappa shape index (κ3) is 2.09. The minimum Gasteiger partial charge on any atom is -0.395 e. The van der Waals surface area contributed by atoms with Crippen LogP contribution in [0.25, 0.3) is 0 Å². The summed E-state index contributed by atoms with van der Waals surface area (Å²) < 4.78 is 0. The Morgan fingerprint density at radius 1 is 1.50 bits per heavy atom. The van der Waals surface area contributed by atoms with Crippen LogP contribution in [0.3, 0.4) is 0 Å². The first-order valence-electron chi connectivity index (χ1n) is 3.99. The number of aliphatic hydroxyl groups is 1. The van der Waals surface area contributed by atoms with Gasteiger partial charge in [0.05, 0.1) is 12.6 Å². The normalized spacial score (nSPS) is 19.7. The van der Waals surface area contributed by atoms with Gasteiger partial charge in [0.15, 0.2) is 0 Å². The first kappa shape index (κ1) is 9.29. The van der Waals surface area contributed by atoms with E-state index in [1.54, 1.807) is 0 Å². The van der Waals surface area contributed by atoms with Gasteiger partial charge in [-0.25, -0.2) is 0 Å². The van der Waals surface area contributed by atoms with E-state index in [1.807, 2.05) is 43.4 Å². The highest BCUT2D eigenvalue weighted by Gasteiger charge is 2.20. The van der Waals surface area contributed by atoms with Crippen LogP contribution in [-0.2, 0) is 0 Å². The molecule has 1 rings (SSSR count). The smallest absolute Gasteiger partial charge is 0.102 e. The summed E-state index contributed by atoms with van der Waals surface area (Å²) in [4.78, 5) is 1.98. The fourth-order valence-corrected chi connectivity index (χ4v) is 1.15. The van der Waals surface area contributed by atoms with Gasteiger partial charge in [0.2, 0.25) is 0 Å². The van der Waals surface area contributed by atoms with Crippen molar-refractivity contribution in [2.24, 2.45) is 0 Å². The van der Waals surface area contributed by atoms with E-state index in [9.17, 15) is 0 Å². The van der Waals surface area contributed by atoms with Crippen molar-refractivity contribution >= 4 is 0 Å². The summed E-state index contributed by atoms with van der Waals surface area (Å²) in [5.74, 6) is 0. The van der Waals surface area contributed by atoms with Crippen LogP contribution in [0.5, 0.6) is 0 Å². The van der Waals surface area contributed by atoms with E-state index in [4.69, 9.17) is 5.11 Å². The van der Waals surface area contributed by atoms with Gasteiger partial charge in [0.1, 0.15) is 6.04 Å². The molecule has 0 aromatic heterocycles. The molecule has 0 aromatic carbocycles. The number of allylic oxidation sites excluding steroid dienone is 2. The number of hydrogen-bond donors (Lipinski definition) is 2. The molecule has 0 aliphatic carbocycles. The fourth-order valence-electron chi connectivity index (χ4n) is 1.15. The van der Waals surface area contributed by atoms with Crippen molar-refractivity contribution in [3.05, 3.63) is 30.5 Å². The van der Waals surface area contributed by atoms with Gasteiger partial charge < -0.3 is 15.3 Å². The fraction of sp³-hybridized carbons (Fsp3) is 0.444. The third-order valence-electron chi connectivity index (χ3n) is 1.89. The molecule has 3 heteroatoms. The molecular formula is C9H15N2O. The van der Waals surface area contributed by atoms with Gasteiger partial charge in [0.25, 0.3) is 0 Å². The van der Waals surface area contributed by atoms with E-state index in [0.29, 0.717) is 0 Å². The Morgan fingerprint density at radius 3 is 2.67 bits per heavy atom. The molecule has 0 fully saturated rings. The quantitative estimate of drug-likeness (QED) is 0.626. The van der Waals surface area contributed by atoms with Crippen LogP contribution in [-0.4, -0.2) is 36.8 Å². The Kier molecular flexibility index (Phi) is 3.31. The first-order chi connectivity index (χ1) is 5.75. The Balaban J connectivity index is 2.54. The Bertz CT molecular complexity index is 187. The summed E-state index contributed by atoms with van der Waals surface area (Å²) in [6.07, 6.45) is 7.72. The van der Waals surface area contributed by atoms with E-state index in [1.165, 1.54) is 0 Å². The minimum atomic E-state index is 0.0613. The molecule has 2 N–H and O–H groups in total. The van der Waals surface area contributed by atoms with Crippen LogP contribution in [0, 0.1) is 6.04 Å². The number of aliphatic hydroxyl groups excluding tert-OH is 1. The van der Waals surface area contributed by atoms with Crippen molar-refractivity contribution < 1.29 is 5.11 Å². The van der Waals surface area contributed by atoms with Crippen LogP contribution in [0.2, 0.25) is 0 Å². The number of nitrogens with one attached hydrogen (secondary N) is 1. The Labute approximate surface area is 73.4 Å². The van der Waals surface area contributed by atoms with Crippen molar-refractivity contribution in [3.63, 3.8) is 0 Å². The maximum Gasteiger partial charge on any atom is 0.102 e. The summed E-state index contributed by atoms with van der Waals surface area (Å²) >= 11 is 0. The van der Waals surface area contributed by atoms with Crippen molar-refractivity contribution in [2.45, 2.75) is 6.04 Å². The van der Waals surface area contributed by atoms with Crippen molar-refractivity contribution in [1.82, 2.24) is 10.2 Å². The maximum absolute atomic E-state index is 9.09. The van der Waals surface area contributed by atoms with Crippen LogP contribution in [0.4, 0.5) is 0 Å². The van der Waals surface area contributed by atoms with Crippen LogP contribution in [0.1, 0.15) is 0 Å². The highest BCUT2D eigenvalue weighted by Crippen LogP contribution is 2.11. The molecule has 1 heterocycles. The molecule has 1 atom stereocenters. The predicted octanol–water partition coefficient (Wildman–Crippen LogP) is 0.114. The second-order valence-electron chi connectivity index (χ2n) is 2.98. The van der Waals surface area contributed by atoms with Gasteiger partial charge in [0, 0.05) is 0 Å². The molecular weight excluding hydrogens is 152 g/mol. The lowest BCUT2D eigenvalue weighted by Crippen LogP contribution is -2.41. The largest absolute Gasteiger partial charge is 0.395 e. The predicted molar refractivity (Wildman–Crippen MR) is 49.2 cm³/mol. The number of hydrogen-bond acceptors (Lipinski definition) is 3. The summed E-state index contributed by atoms with van der Waals surface area (Å²) in [6.45, 7) is 0.132. The standard InChI is InChI=1S/C9H15N2O/c1-11(2)9(7-12)8-5-3-4-6-10-8/h3-6,9-10,12H,7H2,1-2H3. The van der Waals surface area contributed by atoms with E-state index >= 15 is 0 Å². The molecule has 1 aliphatic heterocycles. The molecule has 0 spiro atoms. The molecule has 0 amide bonds. The van der Waals surface area contributed by atoms with Crippen LogP contribution >= 0.6 is 0 Å². The lowest BCUT2D eigenvalue weighted by atomic mass is 10.1. The van der Waals surface area contributed by atoms with Gasteiger partial charge in [-0.1, -0.05) is 12.2 Å². The van der Waals surface area contributed by atoms with E-state index in [0.717, 1.165) is 6.04 Å². The van der Waals surface area contributed by atoms with Gasteiger partial charge in [-0.05, 0) is 26.4 Å². The Hall–Kier alpha value is -0.800. The number of rotatable bonds is 3. The molecule has 0 saturated carbocycles. The van der Waals surface area contributed by atoms with Gasteiger partial charge in [-0.15, -0.1) is 0 Å². The molecule has 1 aliphatic rings. The topological polar surface area (TPSA) is 35.5 Å². The molecule has 0 bridgehead atoms. The minimum absolute atomic E-state index is 0.0613. The third-order valence-corrected chi connectivity index (χ3v) is 1.89. The number of dihydropyridines is 1. The lowest BCUT2D eigenvalue weighted by Gasteiger charge is -2.29. The van der Waals surface area contributed by atoms with Gasteiger partial charge >= 0.3 is 0 Å². The summed E-state index contributed by atoms with van der Waals surface area (Å²) in [5, 5.41) is 12.2. The molecule has 1 unspecified atom stereocenters.